The maximum Gasteiger partial charge on any atom is 0.164 e. The van der Waals surface area contributed by atoms with E-state index in [-0.39, 0.29) is 6.54 Å². The summed E-state index contributed by atoms with van der Waals surface area (Å²) in [5.41, 5.74) is 0. The van der Waals surface area contributed by atoms with Gasteiger partial charge in [-0.05, 0) is 7.05 Å². The summed E-state index contributed by atoms with van der Waals surface area (Å²) in [6.07, 6.45) is 0.470. The molecule has 0 amide bonds. The first-order valence-corrected chi connectivity index (χ1v) is 2.82. The molecule has 0 aliphatic heterocycles. The predicted octanol–water partition coefficient (Wildman–Crippen LogP) is -0.585. The molecular formula is C6H13NO2. The number of hydrogen-bond donors (Lipinski definition) is 2. The Morgan fingerprint density at radius 1 is 1.67 bits per heavy atom. The van der Waals surface area contributed by atoms with Crippen LogP contribution in [0.15, 0.2) is 12.7 Å². The number of aliphatic hydroxyl groups is 2. The average Bonchev–Trinajstić information content (AvgIpc) is 1.63. The zero-order valence-corrected chi connectivity index (χ0v) is 5.62. The Balaban J connectivity index is 3.25. The Hall–Kier alpha value is -0.380. The fourth-order valence-electron chi connectivity index (χ4n) is 0.574. The van der Waals surface area contributed by atoms with Crippen molar-refractivity contribution in [3.63, 3.8) is 0 Å². The summed E-state index contributed by atoms with van der Waals surface area (Å²) in [5.74, 6) is 0. The van der Waals surface area contributed by atoms with Crippen LogP contribution in [-0.4, -0.2) is 41.5 Å². The quantitative estimate of drug-likeness (QED) is 0.396. The number of nitrogens with zero attached hydrogens (tertiary/aromatic N) is 1. The Kier molecular flexibility index (Phi) is 4.30. The molecule has 0 aromatic carbocycles. The maximum atomic E-state index is 8.43. The van der Waals surface area contributed by atoms with Gasteiger partial charge in [-0.25, -0.2) is 0 Å². The van der Waals surface area contributed by atoms with Gasteiger partial charge in [0.15, 0.2) is 6.29 Å². The molecule has 54 valence electrons. The lowest BCUT2D eigenvalue weighted by Gasteiger charge is -2.14. The van der Waals surface area contributed by atoms with Gasteiger partial charge in [0.2, 0.25) is 0 Å². The standard InChI is InChI=1S/C6H13NO2/c1-3-4-7(2)5-6(8)9/h3,6,8-9H,1,4-5H2,2H3. The topological polar surface area (TPSA) is 43.7 Å². The highest BCUT2D eigenvalue weighted by Crippen LogP contribution is 1.84. The minimum absolute atomic E-state index is 0.270. The van der Waals surface area contributed by atoms with Crippen molar-refractivity contribution in [1.82, 2.24) is 4.90 Å². The lowest BCUT2D eigenvalue weighted by molar-refractivity contribution is -0.0557. The molecule has 0 bridgehead atoms. The van der Waals surface area contributed by atoms with Crippen LogP contribution in [-0.2, 0) is 0 Å². The second kappa shape index (κ2) is 4.49. The van der Waals surface area contributed by atoms with Crippen LogP contribution in [0.3, 0.4) is 0 Å². The molecule has 0 aliphatic carbocycles. The summed E-state index contributed by atoms with van der Waals surface area (Å²) in [5, 5.41) is 16.9. The Morgan fingerprint density at radius 2 is 2.22 bits per heavy atom. The first-order chi connectivity index (χ1) is 4.16. The lowest BCUT2D eigenvalue weighted by atomic mass is 10.5. The van der Waals surface area contributed by atoms with Gasteiger partial charge in [-0.3, -0.25) is 4.90 Å². The Labute approximate surface area is 55.2 Å². The predicted molar refractivity (Wildman–Crippen MR) is 35.9 cm³/mol. The van der Waals surface area contributed by atoms with E-state index in [1.54, 1.807) is 18.0 Å². The number of likely N-dealkylation sites (N-methyl/N-ethyl adjacent to an activating group) is 1. The van der Waals surface area contributed by atoms with Crippen molar-refractivity contribution in [3.05, 3.63) is 12.7 Å². The van der Waals surface area contributed by atoms with Crippen LogP contribution >= 0.6 is 0 Å². The number of aliphatic hydroxyl groups excluding tert-OH is 1. The third-order valence-electron chi connectivity index (χ3n) is 0.916. The fraction of sp³-hybridized carbons (Fsp3) is 0.667. The second-order valence-corrected chi connectivity index (χ2v) is 1.99. The zero-order chi connectivity index (χ0) is 7.28. The molecule has 0 aromatic rings. The van der Waals surface area contributed by atoms with Gasteiger partial charge in [0.1, 0.15) is 0 Å². The molecule has 0 spiro atoms. The molecule has 0 saturated carbocycles. The highest BCUT2D eigenvalue weighted by Gasteiger charge is 1.99. The van der Waals surface area contributed by atoms with Gasteiger partial charge in [-0.15, -0.1) is 6.58 Å². The molecule has 0 aromatic heterocycles. The van der Waals surface area contributed by atoms with E-state index in [1.165, 1.54) is 0 Å². The second-order valence-electron chi connectivity index (χ2n) is 1.99. The Bertz CT molecular complexity index is 83.1. The average molecular weight is 131 g/mol. The summed E-state index contributed by atoms with van der Waals surface area (Å²) in [4.78, 5) is 1.76. The van der Waals surface area contributed by atoms with E-state index in [4.69, 9.17) is 10.2 Å². The van der Waals surface area contributed by atoms with Gasteiger partial charge in [-0.2, -0.15) is 0 Å². The van der Waals surface area contributed by atoms with E-state index in [9.17, 15) is 0 Å². The summed E-state index contributed by atoms with van der Waals surface area (Å²) in [6, 6.07) is 0. The van der Waals surface area contributed by atoms with Gasteiger partial charge in [-0.1, -0.05) is 6.08 Å². The van der Waals surface area contributed by atoms with Crippen molar-refractivity contribution < 1.29 is 10.2 Å². The highest BCUT2D eigenvalue weighted by molar-refractivity contribution is 4.70. The van der Waals surface area contributed by atoms with Gasteiger partial charge < -0.3 is 10.2 Å². The molecule has 0 aliphatic rings. The van der Waals surface area contributed by atoms with Crippen molar-refractivity contribution in [2.45, 2.75) is 6.29 Å². The molecule has 0 rings (SSSR count). The monoisotopic (exact) mass is 131 g/mol. The minimum atomic E-state index is -1.24. The van der Waals surface area contributed by atoms with Crippen LogP contribution in [0.4, 0.5) is 0 Å². The summed E-state index contributed by atoms with van der Waals surface area (Å²) < 4.78 is 0. The number of rotatable bonds is 4. The molecular weight excluding hydrogens is 118 g/mol. The maximum absolute atomic E-state index is 8.43. The van der Waals surface area contributed by atoms with Crippen LogP contribution in [0.2, 0.25) is 0 Å². The van der Waals surface area contributed by atoms with Crippen LogP contribution in [0, 0.1) is 0 Å². The van der Waals surface area contributed by atoms with Crippen LogP contribution in [0.25, 0.3) is 0 Å². The van der Waals surface area contributed by atoms with E-state index < -0.39 is 6.29 Å². The van der Waals surface area contributed by atoms with Gasteiger partial charge in [0.25, 0.3) is 0 Å². The van der Waals surface area contributed by atoms with E-state index in [0.717, 1.165) is 0 Å². The normalized spacial score (nSPS) is 10.8. The molecule has 3 nitrogen and oxygen atoms in total. The zero-order valence-electron chi connectivity index (χ0n) is 5.62. The summed E-state index contributed by atoms with van der Waals surface area (Å²) >= 11 is 0. The summed E-state index contributed by atoms with van der Waals surface area (Å²) in [6.45, 7) is 4.45. The Morgan fingerprint density at radius 3 is 2.56 bits per heavy atom. The fourth-order valence-corrected chi connectivity index (χ4v) is 0.574. The van der Waals surface area contributed by atoms with Crippen molar-refractivity contribution >= 4 is 0 Å². The van der Waals surface area contributed by atoms with Crippen LogP contribution in [0.5, 0.6) is 0 Å². The van der Waals surface area contributed by atoms with E-state index >= 15 is 0 Å². The SMILES string of the molecule is C=CCN(C)CC(O)O. The first kappa shape index (κ1) is 8.62. The lowest BCUT2D eigenvalue weighted by Crippen LogP contribution is -2.28. The molecule has 2 N–H and O–H groups in total. The van der Waals surface area contributed by atoms with Crippen molar-refractivity contribution in [1.29, 1.82) is 0 Å². The van der Waals surface area contributed by atoms with Crippen LogP contribution < -0.4 is 0 Å². The van der Waals surface area contributed by atoms with E-state index in [0.29, 0.717) is 6.54 Å². The van der Waals surface area contributed by atoms with Crippen molar-refractivity contribution in [2.75, 3.05) is 20.1 Å². The van der Waals surface area contributed by atoms with Gasteiger partial charge >= 0.3 is 0 Å². The number of hydrogen-bond acceptors (Lipinski definition) is 3. The molecule has 3 heteroatoms. The van der Waals surface area contributed by atoms with Crippen molar-refractivity contribution in [2.24, 2.45) is 0 Å². The summed E-state index contributed by atoms with van der Waals surface area (Å²) in [7, 11) is 1.79. The molecule has 0 saturated heterocycles. The van der Waals surface area contributed by atoms with Gasteiger partial charge in [0, 0.05) is 13.1 Å². The molecule has 0 fully saturated rings. The van der Waals surface area contributed by atoms with E-state index in [1.807, 2.05) is 0 Å². The largest absolute Gasteiger partial charge is 0.367 e. The third-order valence-corrected chi connectivity index (χ3v) is 0.916. The third kappa shape index (κ3) is 5.49. The molecule has 0 radical (unpaired) electrons. The van der Waals surface area contributed by atoms with Crippen molar-refractivity contribution in [3.8, 4) is 0 Å². The molecule has 0 heterocycles. The minimum Gasteiger partial charge on any atom is -0.367 e. The van der Waals surface area contributed by atoms with E-state index in [2.05, 4.69) is 6.58 Å². The highest BCUT2D eigenvalue weighted by atomic mass is 16.5. The smallest absolute Gasteiger partial charge is 0.164 e. The molecule has 0 unspecified atom stereocenters. The first-order valence-electron chi connectivity index (χ1n) is 2.82. The van der Waals surface area contributed by atoms with Gasteiger partial charge in [0.05, 0.1) is 0 Å². The molecule has 9 heavy (non-hydrogen) atoms. The molecule has 0 atom stereocenters. The van der Waals surface area contributed by atoms with Crippen LogP contribution in [0.1, 0.15) is 0 Å².